The van der Waals surface area contributed by atoms with E-state index in [2.05, 4.69) is 0 Å². The lowest BCUT2D eigenvalue weighted by atomic mass is 10.2. The second kappa shape index (κ2) is 7.07. The molecule has 0 bridgehead atoms. The first-order chi connectivity index (χ1) is 10.6. The van der Waals surface area contributed by atoms with E-state index in [4.69, 9.17) is 0 Å². The van der Waals surface area contributed by atoms with Gasteiger partial charge in [0, 0.05) is 44.2 Å². The highest BCUT2D eigenvalue weighted by Gasteiger charge is 2.43. The monoisotopic (exact) mass is 347 g/mol. The molecule has 3 heterocycles. The van der Waals surface area contributed by atoms with Crippen molar-refractivity contribution >= 4 is 27.9 Å². The number of hydrogen-bond donors (Lipinski definition) is 0. The van der Waals surface area contributed by atoms with Gasteiger partial charge in [-0.25, -0.2) is 0 Å². The molecule has 1 unspecified atom stereocenters. The summed E-state index contributed by atoms with van der Waals surface area (Å²) in [6.45, 7) is 3.17. The van der Waals surface area contributed by atoms with E-state index in [-0.39, 0.29) is 5.91 Å². The van der Waals surface area contributed by atoms with Crippen LogP contribution in [-0.4, -0.2) is 78.1 Å². The van der Waals surface area contributed by atoms with Gasteiger partial charge in [0.2, 0.25) is 5.91 Å². The number of rotatable bonds is 3. The minimum absolute atomic E-state index is 0.0124. The fourth-order valence-electron chi connectivity index (χ4n) is 3.50. The third-order valence-corrected chi connectivity index (χ3v) is 7.74. The maximum Gasteiger partial charge on any atom is 0.282 e. The number of piperidine rings is 1. The van der Waals surface area contributed by atoms with Crippen LogP contribution in [0.25, 0.3) is 0 Å². The fourth-order valence-corrected chi connectivity index (χ4v) is 6.30. The Hall–Kier alpha value is -0.310. The molecule has 0 aromatic rings. The SMILES string of the molecule is O=C(C1CCCN1S(=O)(=O)N1CCCCC1)N1CCSCC1. The molecule has 6 nitrogen and oxygen atoms in total. The van der Waals surface area contributed by atoms with Crippen molar-refractivity contribution in [3.63, 3.8) is 0 Å². The average molecular weight is 348 g/mol. The van der Waals surface area contributed by atoms with Crippen molar-refractivity contribution in [1.82, 2.24) is 13.5 Å². The van der Waals surface area contributed by atoms with Crippen molar-refractivity contribution in [3.8, 4) is 0 Å². The van der Waals surface area contributed by atoms with E-state index in [0.29, 0.717) is 26.1 Å². The zero-order valence-electron chi connectivity index (χ0n) is 12.9. The van der Waals surface area contributed by atoms with Gasteiger partial charge in [0.05, 0.1) is 0 Å². The molecule has 8 heteroatoms. The Kier molecular flexibility index (Phi) is 5.31. The van der Waals surface area contributed by atoms with E-state index in [1.807, 2.05) is 16.7 Å². The molecule has 3 rings (SSSR count). The summed E-state index contributed by atoms with van der Waals surface area (Å²) in [6.07, 6.45) is 4.39. The Morgan fingerprint density at radius 3 is 2.27 bits per heavy atom. The summed E-state index contributed by atoms with van der Waals surface area (Å²) >= 11 is 1.85. The summed E-state index contributed by atoms with van der Waals surface area (Å²) < 4.78 is 28.8. The molecule has 3 saturated heterocycles. The van der Waals surface area contributed by atoms with Crippen molar-refractivity contribution in [2.24, 2.45) is 0 Å². The summed E-state index contributed by atoms with van der Waals surface area (Å²) in [5, 5.41) is 0. The molecule has 0 spiro atoms. The molecule has 0 radical (unpaired) electrons. The predicted molar refractivity (Wildman–Crippen MR) is 88.0 cm³/mol. The van der Waals surface area contributed by atoms with Gasteiger partial charge in [0.15, 0.2) is 0 Å². The first kappa shape index (κ1) is 16.5. The highest BCUT2D eigenvalue weighted by Crippen LogP contribution is 2.27. The maximum atomic E-state index is 12.9. The summed E-state index contributed by atoms with van der Waals surface area (Å²) in [4.78, 5) is 14.6. The lowest BCUT2D eigenvalue weighted by Gasteiger charge is -2.35. The van der Waals surface area contributed by atoms with Crippen LogP contribution in [0.4, 0.5) is 0 Å². The fraction of sp³-hybridized carbons (Fsp3) is 0.929. The van der Waals surface area contributed by atoms with E-state index in [9.17, 15) is 13.2 Å². The summed E-state index contributed by atoms with van der Waals surface area (Å²) in [7, 11) is -3.48. The first-order valence-electron chi connectivity index (χ1n) is 8.24. The van der Waals surface area contributed by atoms with Crippen molar-refractivity contribution in [2.75, 3.05) is 44.2 Å². The minimum atomic E-state index is -3.48. The van der Waals surface area contributed by atoms with E-state index in [1.165, 1.54) is 4.31 Å². The van der Waals surface area contributed by atoms with Crippen LogP contribution in [0.3, 0.4) is 0 Å². The summed E-state index contributed by atoms with van der Waals surface area (Å²) in [6, 6.07) is -0.477. The van der Waals surface area contributed by atoms with E-state index in [1.54, 1.807) is 4.31 Å². The smallest absolute Gasteiger partial charge is 0.282 e. The predicted octanol–water partition coefficient (Wildman–Crippen LogP) is 0.757. The molecule has 126 valence electrons. The molecule has 0 saturated carbocycles. The average Bonchev–Trinajstić information content (AvgIpc) is 3.06. The van der Waals surface area contributed by atoms with Crippen molar-refractivity contribution in [3.05, 3.63) is 0 Å². The topological polar surface area (TPSA) is 60.9 Å². The Labute approximate surface area is 137 Å². The van der Waals surface area contributed by atoms with Crippen LogP contribution < -0.4 is 0 Å². The van der Waals surface area contributed by atoms with Crippen LogP contribution in [0, 0.1) is 0 Å². The summed E-state index contributed by atoms with van der Waals surface area (Å²) in [5.41, 5.74) is 0. The van der Waals surface area contributed by atoms with Gasteiger partial charge < -0.3 is 4.90 Å². The number of carbonyl (C=O) groups is 1. The quantitative estimate of drug-likeness (QED) is 0.756. The van der Waals surface area contributed by atoms with Gasteiger partial charge in [-0.05, 0) is 25.7 Å². The van der Waals surface area contributed by atoms with Crippen LogP contribution in [0.2, 0.25) is 0 Å². The van der Waals surface area contributed by atoms with Gasteiger partial charge in [-0.1, -0.05) is 6.42 Å². The molecule has 1 atom stereocenters. The van der Waals surface area contributed by atoms with Gasteiger partial charge in [-0.3, -0.25) is 4.79 Å². The molecule has 22 heavy (non-hydrogen) atoms. The van der Waals surface area contributed by atoms with Crippen molar-refractivity contribution in [2.45, 2.75) is 38.1 Å². The number of hydrogen-bond acceptors (Lipinski definition) is 4. The minimum Gasteiger partial charge on any atom is -0.340 e. The Morgan fingerprint density at radius 1 is 0.909 bits per heavy atom. The van der Waals surface area contributed by atoms with Gasteiger partial charge in [-0.15, -0.1) is 0 Å². The lowest BCUT2D eigenvalue weighted by molar-refractivity contribution is -0.134. The first-order valence-corrected chi connectivity index (χ1v) is 10.8. The van der Waals surface area contributed by atoms with Crippen molar-refractivity contribution in [1.29, 1.82) is 0 Å². The molecule has 3 fully saturated rings. The van der Waals surface area contributed by atoms with Gasteiger partial charge in [-0.2, -0.15) is 28.8 Å². The standard InChI is InChI=1S/C14H25N3O3S2/c18-14(15-9-11-21-12-10-15)13-5-4-8-17(13)22(19,20)16-6-2-1-3-7-16/h13H,1-12H2. The van der Waals surface area contributed by atoms with E-state index >= 15 is 0 Å². The van der Waals surface area contributed by atoms with Crippen LogP contribution in [0.15, 0.2) is 0 Å². The largest absolute Gasteiger partial charge is 0.340 e. The van der Waals surface area contributed by atoms with Gasteiger partial charge in [0.1, 0.15) is 6.04 Å². The van der Waals surface area contributed by atoms with Crippen LogP contribution in [-0.2, 0) is 15.0 Å². The molecular weight excluding hydrogens is 322 g/mol. The molecule has 1 amide bonds. The van der Waals surface area contributed by atoms with Gasteiger partial charge >= 0.3 is 0 Å². The summed E-state index contributed by atoms with van der Waals surface area (Å²) in [5.74, 6) is 1.92. The Balaban J connectivity index is 1.72. The van der Waals surface area contributed by atoms with Gasteiger partial charge in [0.25, 0.3) is 10.2 Å². The normalized spacial score (nSPS) is 28.9. The zero-order chi connectivity index (χ0) is 15.6. The third-order valence-electron chi connectivity index (χ3n) is 4.75. The second-order valence-electron chi connectivity index (χ2n) is 6.17. The zero-order valence-corrected chi connectivity index (χ0v) is 14.6. The lowest BCUT2D eigenvalue weighted by Crippen LogP contribution is -2.54. The molecule has 0 aliphatic carbocycles. The van der Waals surface area contributed by atoms with Crippen LogP contribution >= 0.6 is 11.8 Å². The Bertz CT molecular complexity index is 499. The van der Waals surface area contributed by atoms with E-state index in [0.717, 1.165) is 50.3 Å². The number of carbonyl (C=O) groups excluding carboxylic acids is 1. The molecule has 0 aromatic carbocycles. The second-order valence-corrected chi connectivity index (χ2v) is 9.28. The molecule has 3 aliphatic rings. The Morgan fingerprint density at radius 2 is 1.59 bits per heavy atom. The molecular formula is C14H25N3O3S2. The molecule has 0 aromatic heterocycles. The molecule has 3 aliphatic heterocycles. The van der Waals surface area contributed by atoms with Crippen LogP contribution in [0.5, 0.6) is 0 Å². The highest BCUT2D eigenvalue weighted by atomic mass is 32.2. The van der Waals surface area contributed by atoms with Crippen LogP contribution in [0.1, 0.15) is 32.1 Å². The highest BCUT2D eigenvalue weighted by molar-refractivity contribution is 7.99. The maximum absolute atomic E-state index is 12.9. The number of amides is 1. The van der Waals surface area contributed by atoms with E-state index < -0.39 is 16.3 Å². The molecule has 0 N–H and O–H groups in total. The third kappa shape index (κ3) is 3.29. The number of nitrogens with zero attached hydrogens (tertiary/aromatic N) is 3. The number of thioether (sulfide) groups is 1. The van der Waals surface area contributed by atoms with Crippen molar-refractivity contribution < 1.29 is 13.2 Å².